The Labute approximate surface area is 122 Å². The molecule has 3 heterocycles. The van der Waals surface area contributed by atoms with Crippen LogP contribution in [0, 0.1) is 12.8 Å². The third-order valence-corrected chi connectivity index (χ3v) is 5.23. The monoisotopic (exact) mass is 295 g/mol. The first-order valence-electron chi connectivity index (χ1n) is 6.76. The molecule has 0 spiro atoms. The van der Waals surface area contributed by atoms with Crippen LogP contribution in [0.3, 0.4) is 0 Å². The number of thiophene rings is 1. The number of aryl methyl sites for hydroxylation is 1. The summed E-state index contributed by atoms with van der Waals surface area (Å²) in [6, 6.07) is 2.68. The Kier molecular flexibility index (Phi) is 3.39. The second-order valence-electron chi connectivity index (χ2n) is 5.45. The topological polar surface area (TPSA) is 29.0 Å². The molecule has 1 aliphatic heterocycles. The molecule has 0 aliphatic carbocycles. The van der Waals surface area contributed by atoms with Crippen molar-refractivity contribution in [2.75, 3.05) is 11.4 Å². The van der Waals surface area contributed by atoms with Crippen molar-refractivity contribution in [3.05, 3.63) is 16.2 Å². The van der Waals surface area contributed by atoms with E-state index in [1.54, 1.807) is 11.3 Å². The van der Waals surface area contributed by atoms with Crippen LogP contribution in [0.4, 0.5) is 5.82 Å². The van der Waals surface area contributed by atoms with Gasteiger partial charge in [0, 0.05) is 17.5 Å². The summed E-state index contributed by atoms with van der Waals surface area (Å²) in [6.07, 6.45) is 2.51. The van der Waals surface area contributed by atoms with Gasteiger partial charge in [0.15, 0.2) is 0 Å². The molecule has 1 saturated heterocycles. The van der Waals surface area contributed by atoms with Crippen LogP contribution in [-0.4, -0.2) is 22.6 Å². The summed E-state index contributed by atoms with van der Waals surface area (Å²) >= 11 is 7.78. The third-order valence-electron chi connectivity index (χ3n) is 4.11. The summed E-state index contributed by atoms with van der Waals surface area (Å²) in [5.74, 6) is 1.70. The predicted octanol–water partition coefficient (Wildman–Crippen LogP) is 4.28. The second kappa shape index (κ2) is 4.91. The number of fused-ring (bicyclic) bond motifs is 1. The Morgan fingerprint density at radius 3 is 2.95 bits per heavy atom. The maximum absolute atomic E-state index is 6.09. The van der Waals surface area contributed by atoms with E-state index < -0.39 is 0 Å². The number of halogens is 1. The number of aromatic nitrogens is 2. The molecule has 0 N–H and O–H groups in total. The Hall–Kier alpha value is -0.870. The van der Waals surface area contributed by atoms with Gasteiger partial charge < -0.3 is 4.90 Å². The van der Waals surface area contributed by atoms with E-state index in [0.29, 0.717) is 17.2 Å². The van der Waals surface area contributed by atoms with Crippen LogP contribution < -0.4 is 4.90 Å². The van der Waals surface area contributed by atoms with Gasteiger partial charge in [0.25, 0.3) is 0 Å². The summed E-state index contributed by atoms with van der Waals surface area (Å²) < 4.78 is 0. The summed E-state index contributed by atoms with van der Waals surface area (Å²) in [6.45, 7) is 7.76. The molecule has 0 bridgehead atoms. The van der Waals surface area contributed by atoms with Crippen molar-refractivity contribution in [1.82, 2.24) is 9.97 Å². The van der Waals surface area contributed by atoms with Gasteiger partial charge in [-0.3, -0.25) is 0 Å². The van der Waals surface area contributed by atoms with E-state index in [4.69, 9.17) is 11.6 Å². The Morgan fingerprint density at radius 2 is 2.16 bits per heavy atom. The van der Waals surface area contributed by atoms with E-state index in [2.05, 4.69) is 41.7 Å². The quantitative estimate of drug-likeness (QED) is 0.735. The lowest BCUT2D eigenvalue weighted by molar-refractivity contribution is 0.362. The number of nitrogens with zero attached hydrogens (tertiary/aromatic N) is 3. The number of hydrogen-bond acceptors (Lipinski definition) is 4. The molecule has 2 unspecified atom stereocenters. The van der Waals surface area contributed by atoms with Gasteiger partial charge in [-0.2, -0.15) is 4.98 Å². The Bertz CT molecular complexity index is 610. The molecule has 1 fully saturated rings. The predicted molar refractivity (Wildman–Crippen MR) is 82.4 cm³/mol. The largest absolute Gasteiger partial charge is 0.353 e. The van der Waals surface area contributed by atoms with Crippen molar-refractivity contribution in [3.8, 4) is 0 Å². The first kappa shape index (κ1) is 13.1. The van der Waals surface area contributed by atoms with E-state index in [1.807, 2.05) is 0 Å². The highest BCUT2D eigenvalue weighted by Gasteiger charge is 2.27. The molecule has 0 amide bonds. The van der Waals surface area contributed by atoms with Gasteiger partial charge in [0.2, 0.25) is 5.28 Å². The summed E-state index contributed by atoms with van der Waals surface area (Å²) in [5, 5.41) is 1.50. The fourth-order valence-electron chi connectivity index (χ4n) is 2.85. The normalized spacial score (nSPS) is 24.1. The lowest BCUT2D eigenvalue weighted by atomic mass is 9.92. The molecule has 0 saturated carbocycles. The third kappa shape index (κ3) is 2.32. The summed E-state index contributed by atoms with van der Waals surface area (Å²) in [4.78, 5) is 13.5. The smallest absolute Gasteiger partial charge is 0.225 e. The fourth-order valence-corrected chi connectivity index (χ4v) is 3.94. The minimum Gasteiger partial charge on any atom is -0.353 e. The molecule has 0 aromatic carbocycles. The number of anilines is 1. The number of rotatable bonds is 1. The Balaban J connectivity index is 2.13. The Morgan fingerprint density at radius 1 is 1.37 bits per heavy atom. The van der Waals surface area contributed by atoms with Gasteiger partial charge in [0.05, 0.1) is 5.39 Å². The van der Waals surface area contributed by atoms with Gasteiger partial charge in [-0.25, -0.2) is 4.98 Å². The molecule has 2 aromatic heterocycles. The number of hydrogen-bond donors (Lipinski definition) is 0. The minimum absolute atomic E-state index is 0.356. The minimum atomic E-state index is 0.356. The van der Waals surface area contributed by atoms with Crippen molar-refractivity contribution in [2.24, 2.45) is 5.92 Å². The zero-order valence-corrected chi connectivity index (χ0v) is 13.1. The van der Waals surface area contributed by atoms with Crippen LogP contribution in [0.5, 0.6) is 0 Å². The van der Waals surface area contributed by atoms with Crippen molar-refractivity contribution < 1.29 is 0 Å². The van der Waals surface area contributed by atoms with E-state index in [9.17, 15) is 0 Å². The van der Waals surface area contributed by atoms with Gasteiger partial charge in [-0.05, 0) is 50.3 Å². The van der Waals surface area contributed by atoms with Crippen LogP contribution in [0.15, 0.2) is 6.07 Å². The van der Waals surface area contributed by atoms with Gasteiger partial charge in [0.1, 0.15) is 10.6 Å². The van der Waals surface area contributed by atoms with E-state index in [0.717, 1.165) is 22.6 Å². The summed E-state index contributed by atoms with van der Waals surface area (Å²) in [7, 11) is 0. The van der Waals surface area contributed by atoms with Crippen molar-refractivity contribution in [3.63, 3.8) is 0 Å². The average Bonchev–Trinajstić information content (AvgIpc) is 2.72. The highest BCUT2D eigenvalue weighted by molar-refractivity contribution is 7.18. The highest BCUT2D eigenvalue weighted by atomic mass is 35.5. The van der Waals surface area contributed by atoms with E-state index >= 15 is 0 Å². The van der Waals surface area contributed by atoms with Crippen LogP contribution in [0.1, 0.15) is 31.6 Å². The molecular weight excluding hydrogens is 278 g/mol. The second-order valence-corrected chi connectivity index (χ2v) is 7.02. The zero-order valence-electron chi connectivity index (χ0n) is 11.5. The molecule has 0 radical (unpaired) electrons. The molecule has 19 heavy (non-hydrogen) atoms. The van der Waals surface area contributed by atoms with Crippen LogP contribution in [0.2, 0.25) is 5.28 Å². The molecule has 2 aromatic rings. The maximum Gasteiger partial charge on any atom is 0.225 e. The molecule has 5 heteroatoms. The van der Waals surface area contributed by atoms with Crippen LogP contribution in [0.25, 0.3) is 10.2 Å². The molecule has 2 atom stereocenters. The summed E-state index contributed by atoms with van der Waals surface area (Å²) in [5.41, 5.74) is 0. The standard InChI is InChI=1S/C14H18ClN3S/c1-8-5-4-6-18(10(8)3)12-11-7-9(2)19-13(11)17-14(15)16-12/h7-8,10H,4-6H2,1-3H3. The van der Waals surface area contributed by atoms with E-state index in [-0.39, 0.29) is 0 Å². The van der Waals surface area contributed by atoms with Crippen molar-refractivity contribution in [1.29, 1.82) is 0 Å². The molecule has 3 nitrogen and oxygen atoms in total. The van der Waals surface area contributed by atoms with Crippen molar-refractivity contribution in [2.45, 2.75) is 39.7 Å². The first-order valence-corrected chi connectivity index (χ1v) is 7.96. The van der Waals surface area contributed by atoms with Gasteiger partial charge >= 0.3 is 0 Å². The first-order chi connectivity index (χ1) is 9.06. The van der Waals surface area contributed by atoms with Crippen LogP contribution >= 0.6 is 22.9 Å². The fraction of sp³-hybridized carbons (Fsp3) is 0.571. The highest BCUT2D eigenvalue weighted by Crippen LogP contribution is 2.35. The van der Waals surface area contributed by atoms with E-state index in [1.165, 1.54) is 17.7 Å². The lowest BCUT2D eigenvalue weighted by Crippen LogP contribution is -2.43. The molecule has 3 rings (SSSR count). The zero-order chi connectivity index (χ0) is 13.6. The van der Waals surface area contributed by atoms with Crippen LogP contribution in [-0.2, 0) is 0 Å². The van der Waals surface area contributed by atoms with Gasteiger partial charge in [-0.1, -0.05) is 6.92 Å². The molecular formula is C14H18ClN3S. The van der Waals surface area contributed by atoms with Crippen molar-refractivity contribution >= 4 is 39.0 Å². The lowest BCUT2D eigenvalue weighted by Gasteiger charge is -2.39. The molecule has 102 valence electrons. The maximum atomic E-state index is 6.09. The number of piperidine rings is 1. The molecule has 1 aliphatic rings. The van der Waals surface area contributed by atoms with Gasteiger partial charge in [-0.15, -0.1) is 11.3 Å². The average molecular weight is 296 g/mol. The SMILES string of the molecule is Cc1cc2c(N3CCCC(C)C3C)nc(Cl)nc2s1.